The molecule has 1 atom stereocenters. The summed E-state index contributed by atoms with van der Waals surface area (Å²) in [6, 6.07) is 52.3. The number of fused-ring (bicyclic) bond motifs is 4. The van der Waals surface area contributed by atoms with Crippen molar-refractivity contribution in [2.45, 2.75) is 6.17 Å². The first-order chi connectivity index (χ1) is 23.3. The van der Waals surface area contributed by atoms with E-state index in [1.165, 1.54) is 10.8 Å². The molecule has 222 valence electrons. The van der Waals surface area contributed by atoms with Gasteiger partial charge in [0, 0.05) is 28.3 Å². The van der Waals surface area contributed by atoms with Crippen molar-refractivity contribution >= 4 is 44.5 Å². The molecule has 1 N–H and O–H groups in total. The Kier molecular flexibility index (Phi) is 6.46. The van der Waals surface area contributed by atoms with E-state index in [0.29, 0.717) is 11.5 Å². The number of amidine groups is 2. The first kappa shape index (κ1) is 27.0. The first-order valence-corrected chi connectivity index (χ1v) is 15.7. The van der Waals surface area contributed by atoms with Gasteiger partial charge in [0.05, 0.1) is 5.39 Å². The van der Waals surface area contributed by atoms with Gasteiger partial charge in [0.1, 0.15) is 17.6 Å². The standard InChI is InChI=1S/C42H28N4O/c1-3-11-29(12-4-1)39-44-40(30-13-5-2-6-14-30)46-41(45-39)31-21-19-28(20-22-31)34-24-25-43-42-37(34)36-17-9-16-35(38(36)47-42)33-23-18-27-10-7-8-15-32(27)26-33/h1-26,39H,(H,44,45,46). The monoisotopic (exact) mass is 604 g/mol. The lowest BCUT2D eigenvalue weighted by Crippen LogP contribution is -2.33. The van der Waals surface area contributed by atoms with Crippen LogP contribution in [-0.4, -0.2) is 16.7 Å². The summed E-state index contributed by atoms with van der Waals surface area (Å²) in [4.78, 5) is 14.6. The van der Waals surface area contributed by atoms with Gasteiger partial charge in [-0.05, 0) is 45.2 Å². The molecule has 1 aliphatic rings. The van der Waals surface area contributed by atoms with E-state index < -0.39 is 0 Å². The van der Waals surface area contributed by atoms with Crippen LogP contribution in [0.3, 0.4) is 0 Å². The normalized spacial score (nSPS) is 14.6. The minimum atomic E-state index is -0.243. The number of nitrogens with zero attached hydrogens (tertiary/aromatic N) is 3. The van der Waals surface area contributed by atoms with Crippen LogP contribution < -0.4 is 5.32 Å². The Hall–Kier alpha value is -6.33. The third-order valence-electron chi connectivity index (χ3n) is 8.82. The smallest absolute Gasteiger partial charge is 0.227 e. The van der Waals surface area contributed by atoms with E-state index in [1.807, 2.05) is 54.7 Å². The van der Waals surface area contributed by atoms with Gasteiger partial charge in [-0.1, -0.05) is 140 Å². The zero-order valence-corrected chi connectivity index (χ0v) is 25.3. The number of furan rings is 1. The van der Waals surface area contributed by atoms with Crippen LogP contribution >= 0.6 is 0 Å². The van der Waals surface area contributed by atoms with E-state index in [1.54, 1.807) is 0 Å². The maximum atomic E-state index is 6.49. The quantitative estimate of drug-likeness (QED) is 0.213. The molecule has 0 saturated carbocycles. The predicted molar refractivity (Wildman–Crippen MR) is 192 cm³/mol. The predicted octanol–water partition coefficient (Wildman–Crippen LogP) is 9.96. The second-order valence-corrected chi connectivity index (χ2v) is 11.7. The highest BCUT2D eigenvalue weighted by molar-refractivity contribution is 6.15. The Bertz CT molecular complexity index is 2480. The molecule has 0 fully saturated rings. The van der Waals surface area contributed by atoms with Crippen molar-refractivity contribution in [3.8, 4) is 22.3 Å². The van der Waals surface area contributed by atoms with Crippen molar-refractivity contribution in [1.82, 2.24) is 10.3 Å². The summed E-state index contributed by atoms with van der Waals surface area (Å²) in [7, 11) is 0. The Morgan fingerprint density at radius 2 is 1.28 bits per heavy atom. The Labute approximate surface area is 271 Å². The van der Waals surface area contributed by atoms with Crippen LogP contribution in [0, 0.1) is 0 Å². The average molecular weight is 605 g/mol. The van der Waals surface area contributed by atoms with Gasteiger partial charge in [-0.3, -0.25) is 0 Å². The van der Waals surface area contributed by atoms with Crippen LogP contribution in [0.15, 0.2) is 172 Å². The van der Waals surface area contributed by atoms with Gasteiger partial charge in [-0.25, -0.2) is 15.0 Å². The zero-order chi connectivity index (χ0) is 31.2. The fraction of sp³-hybridized carbons (Fsp3) is 0.0238. The van der Waals surface area contributed by atoms with E-state index in [-0.39, 0.29) is 6.17 Å². The summed E-state index contributed by atoms with van der Waals surface area (Å²) < 4.78 is 6.49. The number of hydrogen-bond acceptors (Lipinski definition) is 5. The lowest BCUT2D eigenvalue weighted by atomic mass is 9.97. The number of nitrogens with one attached hydrogen (secondary N) is 1. The molecule has 0 radical (unpaired) electrons. The number of aliphatic imine (C=N–C) groups is 2. The van der Waals surface area contributed by atoms with Crippen molar-refractivity contribution in [3.05, 3.63) is 175 Å². The Morgan fingerprint density at radius 1 is 0.553 bits per heavy atom. The highest BCUT2D eigenvalue weighted by atomic mass is 16.3. The third kappa shape index (κ3) is 4.86. The molecule has 0 spiro atoms. The minimum Gasteiger partial charge on any atom is -0.437 e. The van der Waals surface area contributed by atoms with E-state index in [0.717, 1.165) is 61.1 Å². The van der Waals surface area contributed by atoms with Gasteiger partial charge in [0.25, 0.3) is 0 Å². The van der Waals surface area contributed by atoms with Crippen molar-refractivity contribution < 1.29 is 4.42 Å². The van der Waals surface area contributed by atoms with Crippen LogP contribution in [0.4, 0.5) is 0 Å². The largest absolute Gasteiger partial charge is 0.437 e. The maximum Gasteiger partial charge on any atom is 0.227 e. The van der Waals surface area contributed by atoms with E-state index in [4.69, 9.17) is 14.4 Å². The number of aromatic nitrogens is 1. The fourth-order valence-corrected chi connectivity index (χ4v) is 6.47. The van der Waals surface area contributed by atoms with Gasteiger partial charge in [0.2, 0.25) is 5.71 Å². The van der Waals surface area contributed by atoms with Crippen molar-refractivity contribution in [2.24, 2.45) is 9.98 Å². The third-order valence-corrected chi connectivity index (χ3v) is 8.82. The second-order valence-electron chi connectivity index (χ2n) is 11.7. The molecule has 0 bridgehead atoms. The van der Waals surface area contributed by atoms with E-state index in [2.05, 4.69) is 113 Å². The van der Waals surface area contributed by atoms with E-state index >= 15 is 0 Å². The summed E-state index contributed by atoms with van der Waals surface area (Å²) >= 11 is 0. The molecule has 6 aromatic carbocycles. The highest BCUT2D eigenvalue weighted by Gasteiger charge is 2.22. The average Bonchev–Trinajstić information content (AvgIpc) is 3.55. The Morgan fingerprint density at radius 3 is 2.11 bits per heavy atom. The SMILES string of the molecule is c1ccc(C2=NC(c3ccccc3)NC(c3ccc(-c4ccnc5oc6c(-c7ccc8ccccc8c7)cccc6c45)cc3)=N2)cc1. The molecule has 5 heteroatoms. The molecule has 47 heavy (non-hydrogen) atoms. The number of hydrogen-bond donors (Lipinski definition) is 1. The summed E-state index contributed by atoms with van der Waals surface area (Å²) in [6.07, 6.45) is 1.58. The zero-order valence-electron chi connectivity index (χ0n) is 25.3. The van der Waals surface area contributed by atoms with Crippen LogP contribution in [-0.2, 0) is 0 Å². The summed E-state index contributed by atoms with van der Waals surface area (Å²) in [6.45, 7) is 0. The van der Waals surface area contributed by atoms with Gasteiger partial charge >= 0.3 is 0 Å². The highest BCUT2D eigenvalue weighted by Crippen LogP contribution is 2.40. The van der Waals surface area contributed by atoms with Gasteiger partial charge in [0.15, 0.2) is 5.84 Å². The minimum absolute atomic E-state index is 0.243. The molecular formula is C42H28N4O. The molecule has 2 aromatic heterocycles. The summed E-state index contributed by atoms with van der Waals surface area (Å²) in [5.41, 5.74) is 8.84. The molecule has 0 saturated heterocycles. The first-order valence-electron chi connectivity index (χ1n) is 15.7. The summed E-state index contributed by atoms with van der Waals surface area (Å²) in [5, 5.41) is 8.04. The molecular weight excluding hydrogens is 576 g/mol. The molecule has 9 rings (SSSR count). The van der Waals surface area contributed by atoms with Gasteiger partial charge in [-0.15, -0.1) is 0 Å². The number of benzene rings is 6. The molecule has 0 aliphatic carbocycles. The topological polar surface area (TPSA) is 62.8 Å². The molecule has 5 nitrogen and oxygen atoms in total. The molecule has 1 unspecified atom stereocenters. The van der Waals surface area contributed by atoms with Crippen LogP contribution in [0.25, 0.3) is 55.1 Å². The molecule has 1 aliphatic heterocycles. The summed E-state index contributed by atoms with van der Waals surface area (Å²) in [5.74, 6) is 1.49. The Balaban J connectivity index is 1.11. The van der Waals surface area contributed by atoms with Gasteiger partial charge in [-0.2, -0.15) is 0 Å². The van der Waals surface area contributed by atoms with Crippen LogP contribution in [0.5, 0.6) is 0 Å². The molecule has 0 amide bonds. The molecule has 8 aromatic rings. The van der Waals surface area contributed by atoms with Crippen LogP contribution in [0.1, 0.15) is 22.9 Å². The fourth-order valence-electron chi connectivity index (χ4n) is 6.47. The lowest BCUT2D eigenvalue weighted by Gasteiger charge is -2.23. The lowest BCUT2D eigenvalue weighted by molar-refractivity contribution is 0.655. The van der Waals surface area contributed by atoms with Crippen molar-refractivity contribution in [1.29, 1.82) is 0 Å². The van der Waals surface area contributed by atoms with Crippen LogP contribution in [0.2, 0.25) is 0 Å². The van der Waals surface area contributed by atoms with Crippen molar-refractivity contribution in [3.63, 3.8) is 0 Å². The van der Waals surface area contributed by atoms with Crippen molar-refractivity contribution in [2.75, 3.05) is 0 Å². The maximum absolute atomic E-state index is 6.49. The number of para-hydroxylation sites is 1. The second kappa shape index (κ2) is 11.2. The number of pyridine rings is 1. The molecule has 3 heterocycles. The van der Waals surface area contributed by atoms with Gasteiger partial charge < -0.3 is 9.73 Å². The number of rotatable bonds is 5. The van der Waals surface area contributed by atoms with E-state index in [9.17, 15) is 0 Å².